The Bertz CT molecular complexity index is 462. The zero-order valence-electron chi connectivity index (χ0n) is 10.9. The van der Waals surface area contributed by atoms with Gasteiger partial charge < -0.3 is 10.2 Å². The molecule has 108 valence electrons. The van der Waals surface area contributed by atoms with Crippen molar-refractivity contribution in [1.29, 1.82) is 0 Å². The van der Waals surface area contributed by atoms with Gasteiger partial charge in [-0.15, -0.1) is 12.3 Å². The zero-order chi connectivity index (χ0) is 15.4. The molecule has 0 aliphatic heterocycles. The molecule has 20 heavy (non-hydrogen) atoms. The third-order valence-corrected chi connectivity index (χ3v) is 2.09. The van der Waals surface area contributed by atoms with Crippen LogP contribution >= 0.6 is 0 Å². The van der Waals surface area contributed by atoms with E-state index in [1.165, 1.54) is 24.3 Å². The highest BCUT2D eigenvalue weighted by atomic mass is 19.3. The van der Waals surface area contributed by atoms with Gasteiger partial charge in [-0.1, -0.05) is 24.1 Å². The van der Waals surface area contributed by atoms with E-state index < -0.39 is 24.4 Å². The fourth-order valence-electron chi connectivity index (χ4n) is 1.16. The van der Waals surface area contributed by atoms with Crippen LogP contribution in [0.3, 0.4) is 0 Å². The molecule has 0 aromatic carbocycles. The van der Waals surface area contributed by atoms with Crippen molar-refractivity contribution in [2.75, 3.05) is 0 Å². The topological polar surface area (TPSA) is 57.5 Å². The number of carboxylic acids is 1. The monoisotopic (exact) mass is 282 g/mol. The van der Waals surface area contributed by atoms with Crippen molar-refractivity contribution in [3.8, 4) is 24.2 Å². The smallest absolute Gasteiger partial charge is 0.308 e. The summed E-state index contributed by atoms with van der Waals surface area (Å²) in [5, 5.41) is 17.5. The van der Waals surface area contributed by atoms with Crippen LogP contribution in [0.25, 0.3) is 0 Å². The minimum atomic E-state index is -3.20. The van der Waals surface area contributed by atoms with E-state index in [4.69, 9.17) is 11.5 Å². The lowest BCUT2D eigenvalue weighted by molar-refractivity contribution is -0.137. The second-order valence-corrected chi connectivity index (χ2v) is 3.94. The van der Waals surface area contributed by atoms with Gasteiger partial charge >= 0.3 is 11.9 Å². The van der Waals surface area contributed by atoms with Crippen molar-refractivity contribution < 1.29 is 23.8 Å². The average molecular weight is 282 g/mol. The lowest BCUT2D eigenvalue weighted by Gasteiger charge is -2.06. The Balaban J connectivity index is 4.17. The van der Waals surface area contributed by atoms with E-state index in [1.807, 2.05) is 0 Å². The second kappa shape index (κ2) is 9.77. The van der Waals surface area contributed by atoms with Gasteiger partial charge in [-0.05, 0) is 18.4 Å². The number of carboxylic acid groups (broad SMARTS) is 1. The van der Waals surface area contributed by atoms with Crippen molar-refractivity contribution >= 4 is 5.97 Å². The SMILES string of the molecule is C#CC[C@H](O)/C=C/C=C/C#CC(F)(F)CCCC(=O)O. The number of aliphatic carboxylic acids is 1. The summed E-state index contributed by atoms with van der Waals surface area (Å²) < 4.78 is 26.3. The second-order valence-electron chi connectivity index (χ2n) is 3.94. The molecule has 1 atom stereocenters. The van der Waals surface area contributed by atoms with Crippen molar-refractivity contribution in [2.45, 2.75) is 37.7 Å². The predicted molar refractivity (Wildman–Crippen MR) is 71.9 cm³/mol. The molecule has 0 spiro atoms. The summed E-state index contributed by atoms with van der Waals surface area (Å²) in [5.74, 6) is 1.89. The maximum Gasteiger partial charge on any atom is 0.308 e. The minimum absolute atomic E-state index is 0.126. The van der Waals surface area contributed by atoms with E-state index in [9.17, 15) is 18.7 Å². The van der Waals surface area contributed by atoms with Crippen molar-refractivity contribution in [3.63, 3.8) is 0 Å². The van der Waals surface area contributed by atoms with Crippen LogP contribution < -0.4 is 0 Å². The van der Waals surface area contributed by atoms with Gasteiger partial charge in [-0.3, -0.25) is 4.79 Å². The van der Waals surface area contributed by atoms with Crippen LogP contribution in [-0.4, -0.2) is 28.2 Å². The van der Waals surface area contributed by atoms with Crippen molar-refractivity contribution in [2.24, 2.45) is 0 Å². The highest BCUT2D eigenvalue weighted by molar-refractivity contribution is 5.66. The molecule has 0 fully saturated rings. The summed E-state index contributed by atoms with van der Waals surface area (Å²) in [4.78, 5) is 10.2. The Morgan fingerprint density at radius 1 is 1.40 bits per heavy atom. The van der Waals surface area contributed by atoms with E-state index in [0.717, 1.165) is 0 Å². The molecule has 0 heterocycles. The number of hydrogen-bond acceptors (Lipinski definition) is 2. The zero-order valence-corrected chi connectivity index (χ0v) is 10.9. The highest BCUT2D eigenvalue weighted by Crippen LogP contribution is 2.19. The van der Waals surface area contributed by atoms with Gasteiger partial charge in [0.15, 0.2) is 0 Å². The van der Waals surface area contributed by atoms with Gasteiger partial charge in [0.05, 0.1) is 6.10 Å². The fourth-order valence-corrected chi connectivity index (χ4v) is 1.16. The fraction of sp³-hybridized carbons (Fsp3) is 0.400. The molecule has 0 rings (SSSR count). The first-order valence-electron chi connectivity index (χ1n) is 5.94. The highest BCUT2D eigenvalue weighted by Gasteiger charge is 2.25. The van der Waals surface area contributed by atoms with E-state index in [-0.39, 0.29) is 19.3 Å². The number of allylic oxidation sites excluding steroid dienone is 3. The summed E-state index contributed by atoms with van der Waals surface area (Å²) in [6.45, 7) is 0. The molecule has 0 saturated carbocycles. The summed E-state index contributed by atoms with van der Waals surface area (Å²) in [5.41, 5.74) is 0. The number of aliphatic hydroxyl groups excluding tert-OH is 1. The molecular weight excluding hydrogens is 266 g/mol. The van der Waals surface area contributed by atoms with E-state index in [1.54, 1.807) is 5.92 Å². The normalized spacial score (nSPS) is 12.9. The number of rotatable bonds is 7. The number of halogens is 2. The first-order chi connectivity index (χ1) is 9.37. The van der Waals surface area contributed by atoms with Crippen molar-refractivity contribution in [1.82, 2.24) is 0 Å². The average Bonchev–Trinajstić information content (AvgIpc) is 2.33. The molecule has 0 saturated heterocycles. The van der Waals surface area contributed by atoms with E-state index >= 15 is 0 Å². The first kappa shape index (κ1) is 17.9. The van der Waals surface area contributed by atoms with E-state index in [0.29, 0.717) is 0 Å². The standard InChI is InChI=1S/C15H16F2O3/c1-2-8-13(18)9-5-3-4-6-11-15(16,17)12-7-10-14(19)20/h1,3-5,9,13,18H,7-8,10,12H2,(H,19,20)/b4-3+,9-5+/t13-/m0/s1. The molecule has 0 amide bonds. The molecule has 2 N–H and O–H groups in total. The lowest BCUT2D eigenvalue weighted by atomic mass is 10.1. The molecule has 0 radical (unpaired) electrons. The third kappa shape index (κ3) is 11.0. The van der Waals surface area contributed by atoms with Crippen LogP contribution in [0.5, 0.6) is 0 Å². The molecule has 0 unspecified atom stereocenters. The molecule has 3 nitrogen and oxygen atoms in total. The molecule has 0 aliphatic rings. The predicted octanol–water partition coefficient (Wildman–Crippen LogP) is 2.38. The summed E-state index contributed by atoms with van der Waals surface area (Å²) >= 11 is 0. The molecule has 0 bridgehead atoms. The summed E-state index contributed by atoms with van der Waals surface area (Å²) in [6, 6.07) is 0. The Hall–Kier alpha value is -2.11. The Kier molecular flexibility index (Phi) is 8.74. The van der Waals surface area contributed by atoms with Gasteiger partial charge in [0.1, 0.15) is 0 Å². The largest absolute Gasteiger partial charge is 0.481 e. The molecule has 0 aromatic rings. The van der Waals surface area contributed by atoms with Gasteiger partial charge in [0, 0.05) is 19.3 Å². The number of hydrogen-bond donors (Lipinski definition) is 2. The van der Waals surface area contributed by atoms with Crippen LogP contribution in [0.4, 0.5) is 8.78 Å². The van der Waals surface area contributed by atoms with Gasteiger partial charge in [-0.25, -0.2) is 0 Å². The Labute approximate surface area is 117 Å². The van der Waals surface area contributed by atoms with E-state index in [2.05, 4.69) is 11.8 Å². The van der Waals surface area contributed by atoms with Gasteiger partial charge in [0.2, 0.25) is 0 Å². The number of carbonyl (C=O) groups is 1. The third-order valence-electron chi connectivity index (χ3n) is 2.09. The van der Waals surface area contributed by atoms with Crippen LogP contribution in [0, 0.1) is 24.2 Å². The minimum Gasteiger partial charge on any atom is -0.481 e. The molecular formula is C15H16F2O3. The van der Waals surface area contributed by atoms with Crippen LogP contribution in [0.1, 0.15) is 25.7 Å². The summed E-state index contributed by atoms with van der Waals surface area (Å²) in [6.07, 6.45) is 8.87. The number of terminal acetylenes is 1. The maximum atomic E-state index is 13.1. The van der Waals surface area contributed by atoms with Gasteiger partial charge in [0.25, 0.3) is 0 Å². The first-order valence-corrected chi connectivity index (χ1v) is 5.94. The quantitative estimate of drug-likeness (QED) is 0.557. The maximum absolute atomic E-state index is 13.1. The molecule has 5 heteroatoms. The summed E-state index contributed by atoms with van der Waals surface area (Å²) in [7, 11) is 0. The van der Waals surface area contributed by atoms with Crippen molar-refractivity contribution in [3.05, 3.63) is 24.3 Å². The number of aliphatic hydroxyl groups is 1. The molecule has 0 aliphatic carbocycles. The molecule has 0 aromatic heterocycles. The lowest BCUT2D eigenvalue weighted by Crippen LogP contribution is -2.13. The van der Waals surface area contributed by atoms with Gasteiger partial charge in [-0.2, -0.15) is 8.78 Å². The Morgan fingerprint density at radius 3 is 2.70 bits per heavy atom. The van der Waals surface area contributed by atoms with Crippen LogP contribution in [0.15, 0.2) is 24.3 Å². The Morgan fingerprint density at radius 2 is 2.10 bits per heavy atom. The number of alkyl halides is 2. The van der Waals surface area contributed by atoms with Crippen LogP contribution in [0.2, 0.25) is 0 Å². The van der Waals surface area contributed by atoms with Crippen LogP contribution in [-0.2, 0) is 4.79 Å².